The maximum Gasteiger partial charge on any atom is 0.227 e. The number of benzene rings is 1. The van der Waals surface area contributed by atoms with Crippen molar-refractivity contribution >= 4 is 0 Å². The van der Waals surface area contributed by atoms with E-state index in [9.17, 15) is 4.39 Å². The van der Waals surface area contributed by atoms with Crippen LogP contribution < -0.4 is 5.32 Å². The van der Waals surface area contributed by atoms with Crippen molar-refractivity contribution < 1.29 is 8.91 Å². The van der Waals surface area contributed by atoms with Gasteiger partial charge in [-0.1, -0.05) is 17.3 Å². The summed E-state index contributed by atoms with van der Waals surface area (Å²) in [6.45, 7) is 6.11. The predicted octanol–water partition coefficient (Wildman–Crippen LogP) is 2.69. The third kappa shape index (κ3) is 2.97. The fraction of sp³-hybridized carbons (Fsp3) is 0.500. The molecular weight excluding hydrogens is 269 g/mol. The molecule has 2 heterocycles. The number of nitrogens with one attached hydrogen (secondary N) is 1. The van der Waals surface area contributed by atoms with Crippen LogP contribution in [0.2, 0.25) is 0 Å². The molecule has 1 aromatic heterocycles. The van der Waals surface area contributed by atoms with Crippen molar-refractivity contribution in [3.63, 3.8) is 0 Å². The Labute approximate surface area is 123 Å². The molecule has 2 aromatic rings. The molecule has 1 atom stereocenters. The molecule has 0 aliphatic carbocycles. The molecule has 1 aliphatic rings. The minimum atomic E-state index is -0.399. The van der Waals surface area contributed by atoms with Gasteiger partial charge in [-0.2, -0.15) is 4.98 Å². The summed E-state index contributed by atoms with van der Waals surface area (Å²) in [6.07, 6.45) is 1.97. The molecular formula is C16H20FN3O. The summed E-state index contributed by atoms with van der Waals surface area (Å²) in [5.74, 6) is 1.67. The van der Waals surface area contributed by atoms with Crippen LogP contribution in [0.5, 0.6) is 0 Å². The van der Waals surface area contributed by atoms with Gasteiger partial charge in [-0.25, -0.2) is 4.39 Å². The first kappa shape index (κ1) is 14.2. The molecule has 1 N–H and O–H groups in total. The van der Waals surface area contributed by atoms with Gasteiger partial charge in [0, 0.05) is 6.42 Å². The summed E-state index contributed by atoms with van der Waals surface area (Å²) in [5.41, 5.74) is 0.572. The van der Waals surface area contributed by atoms with Crippen LogP contribution in [0, 0.1) is 11.7 Å². The van der Waals surface area contributed by atoms with Gasteiger partial charge in [0.25, 0.3) is 0 Å². The van der Waals surface area contributed by atoms with Gasteiger partial charge in [0.15, 0.2) is 5.82 Å². The van der Waals surface area contributed by atoms with Crippen LogP contribution in [0.15, 0.2) is 28.8 Å². The van der Waals surface area contributed by atoms with Crippen LogP contribution in [-0.2, 0) is 11.8 Å². The summed E-state index contributed by atoms with van der Waals surface area (Å²) in [7, 11) is 0. The molecule has 112 valence electrons. The Morgan fingerprint density at radius 2 is 2.10 bits per heavy atom. The number of aromatic nitrogens is 2. The smallest absolute Gasteiger partial charge is 0.227 e. The highest BCUT2D eigenvalue weighted by molar-refractivity contribution is 5.30. The molecule has 0 amide bonds. The van der Waals surface area contributed by atoms with E-state index >= 15 is 0 Å². The van der Waals surface area contributed by atoms with Crippen LogP contribution in [0.3, 0.4) is 0 Å². The van der Waals surface area contributed by atoms with Crippen molar-refractivity contribution in [3.05, 3.63) is 47.4 Å². The predicted molar refractivity (Wildman–Crippen MR) is 77.5 cm³/mol. The number of hydrogen-bond acceptors (Lipinski definition) is 4. The van der Waals surface area contributed by atoms with Crippen LogP contribution in [-0.4, -0.2) is 23.2 Å². The normalized spacial score (nSPS) is 19.1. The minimum Gasteiger partial charge on any atom is -0.339 e. The third-order valence-corrected chi connectivity index (χ3v) is 4.22. The highest BCUT2D eigenvalue weighted by Crippen LogP contribution is 2.29. The Hall–Kier alpha value is -1.75. The highest BCUT2D eigenvalue weighted by Gasteiger charge is 2.29. The SMILES string of the molecule is CC(C)(c1ccc(F)cc1)c1noc(CC2CCNC2)n1. The Bertz CT molecular complexity index is 600. The summed E-state index contributed by atoms with van der Waals surface area (Å²) in [5, 5.41) is 7.46. The molecule has 1 saturated heterocycles. The van der Waals surface area contributed by atoms with Crippen LogP contribution in [0.1, 0.15) is 37.5 Å². The summed E-state index contributed by atoms with van der Waals surface area (Å²) in [4.78, 5) is 4.54. The largest absolute Gasteiger partial charge is 0.339 e. The standard InChI is InChI=1S/C16H20FN3O/c1-16(2,12-3-5-13(17)6-4-12)15-19-14(21-20-15)9-11-7-8-18-10-11/h3-6,11,18H,7-10H2,1-2H3. The zero-order chi connectivity index (χ0) is 14.9. The Kier molecular flexibility index (Phi) is 3.76. The van der Waals surface area contributed by atoms with E-state index in [1.165, 1.54) is 12.1 Å². The molecule has 1 aromatic carbocycles. The number of rotatable bonds is 4. The lowest BCUT2D eigenvalue weighted by Gasteiger charge is -2.20. The zero-order valence-electron chi connectivity index (χ0n) is 12.4. The summed E-state index contributed by atoms with van der Waals surface area (Å²) >= 11 is 0. The molecule has 1 aliphatic heterocycles. The summed E-state index contributed by atoms with van der Waals surface area (Å²) in [6, 6.07) is 6.46. The van der Waals surface area contributed by atoms with Gasteiger partial charge in [0.05, 0.1) is 5.41 Å². The van der Waals surface area contributed by atoms with Crippen molar-refractivity contribution in [3.8, 4) is 0 Å². The highest BCUT2D eigenvalue weighted by atomic mass is 19.1. The van der Waals surface area contributed by atoms with E-state index in [-0.39, 0.29) is 5.82 Å². The lowest BCUT2D eigenvalue weighted by molar-refractivity contribution is 0.348. The van der Waals surface area contributed by atoms with E-state index in [0.717, 1.165) is 31.5 Å². The molecule has 1 unspecified atom stereocenters. The van der Waals surface area contributed by atoms with E-state index in [4.69, 9.17) is 4.52 Å². The monoisotopic (exact) mass is 289 g/mol. The van der Waals surface area contributed by atoms with Crippen LogP contribution >= 0.6 is 0 Å². The van der Waals surface area contributed by atoms with Crippen molar-refractivity contribution in [1.29, 1.82) is 0 Å². The van der Waals surface area contributed by atoms with Crippen LogP contribution in [0.25, 0.3) is 0 Å². The average Bonchev–Trinajstić information content (AvgIpc) is 3.11. The van der Waals surface area contributed by atoms with E-state index in [2.05, 4.69) is 15.5 Å². The van der Waals surface area contributed by atoms with Gasteiger partial charge >= 0.3 is 0 Å². The van der Waals surface area contributed by atoms with Crippen molar-refractivity contribution in [2.75, 3.05) is 13.1 Å². The van der Waals surface area contributed by atoms with Crippen molar-refractivity contribution in [2.24, 2.45) is 5.92 Å². The molecule has 21 heavy (non-hydrogen) atoms. The fourth-order valence-corrected chi connectivity index (χ4v) is 2.72. The first-order valence-electron chi connectivity index (χ1n) is 7.35. The van der Waals surface area contributed by atoms with Gasteiger partial charge in [-0.15, -0.1) is 0 Å². The van der Waals surface area contributed by atoms with Gasteiger partial charge in [-0.3, -0.25) is 0 Å². The molecule has 0 spiro atoms. The molecule has 1 fully saturated rings. The molecule has 3 rings (SSSR count). The van der Waals surface area contributed by atoms with Gasteiger partial charge < -0.3 is 9.84 Å². The second-order valence-electron chi connectivity index (χ2n) is 6.21. The fourth-order valence-electron chi connectivity index (χ4n) is 2.72. The minimum absolute atomic E-state index is 0.239. The van der Waals surface area contributed by atoms with Crippen molar-refractivity contribution in [2.45, 2.75) is 32.1 Å². The Morgan fingerprint density at radius 1 is 1.33 bits per heavy atom. The van der Waals surface area contributed by atoms with E-state index in [1.807, 2.05) is 13.8 Å². The molecule has 0 saturated carbocycles. The Morgan fingerprint density at radius 3 is 2.76 bits per heavy atom. The first-order valence-corrected chi connectivity index (χ1v) is 7.35. The average molecular weight is 289 g/mol. The number of nitrogens with zero attached hydrogens (tertiary/aromatic N) is 2. The van der Waals surface area contributed by atoms with Gasteiger partial charge in [0.1, 0.15) is 5.82 Å². The molecule has 4 nitrogen and oxygen atoms in total. The maximum absolute atomic E-state index is 13.1. The summed E-state index contributed by atoms with van der Waals surface area (Å²) < 4.78 is 18.4. The number of halogens is 1. The molecule has 0 bridgehead atoms. The topological polar surface area (TPSA) is 51.0 Å². The van der Waals surface area contributed by atoms with E-state index < -0.39 is 5.41 Å². The van der Waals surface area contributed by atoms with E-state index in [1.54, 1.807) is 12.1 Å². The Balaban J connectivity index is 1.78. The quantitative estimate of drug-likeness (QED) is 0.940. The second kappa shape index (κ2) is 5.56. The van der Waals surface area contributed by atoms with Gasteiger partial charge in [-0.05, 0) is 57.0 Å². The zero-order valence-corrected chi connectivity index (χ0v) is 12.4. The second-order valence-corrected chi connectivity index (χ2v) is 6.21. The lowest BCUT2D eigenvalue weighted by atomic mass is 9.84. The maximum atomic E-state index is 13.1. The van der Waals surface area contributed by atoms with Gasteiger partial charge in [0.2, 0.25) is 5.89 Å². The van der Waals surface area contributed by atoms with Crippen molar-refractivity contribution in [1.82, 2.24) is 15.5 Å². The molecule has 0 radical (unpaired) electrons. The third-order valence-electron chi connectivity index (χ3n) is 4.22. The lowest BCUT2D eigenvalue weighted by Crippen LogP contribution is -2.21. The number of hydrogen-bond donors (Lipinski definition) is 1. The van der Waals surface area contributed by atoms with Crippen LogP contribution in [0.4, 0.5) is 4.39 Å². The molecule has 5 heteroatoms. The first-order chi connectivity index (χ1) is 10.1. The van der Waals surface area contributed by atoms with E-state index in [0.29, 0.717) is 17.6 Å².